The van der Waals surface area contributed by atoms with Gasteiger partial charge in [-0.15, -0.1) is 26.3 Å². The molecular weight excluding hydrogens is 630 g/mol. The van der Waals surface area contributed by atoms with Gasteiger partial charge in [-0.3, -0.25) is 4.79 Å². The van der Waals surface area contributed by atoms with Gasteiger partial charge in [0.05, 0.1) is 0 Å². The monoisotopic (exact) mass is 667 g/mol. The second-order valence-corrected chi connectivity index (χ2v) is 11.7. The Bertz CT molecular complexity index is 1350. The highest BCUT2D eigenvalue weighted by atomic mass is 19.4. The van der Waals surface area contributed by atoms with Crippen LogP contribution in [0.15, 0.2) is 78.9 Å². The third kappa shape index (κ3) is 14.7. The maximum Gasteiger partial charge on any atom is 0.573 e. The Kier molecular flexibility index (Phi) is 12.9. The number of benzene rings is 3. The summed E-state index contributed by atoms with van der Waals surface area (Å²) in [6.45, 7) is 4.82. The van der Waals surface area contributed by atoms with Gasteiger partial charge in [0.25, 0.3) is 0 Å². The van der Waals surface area contributed by atoms with Gasteiger partial charge in [-0.1, -0.05) is 61.0 Å². The molecule has 255 valence electrons. The standard InChI is InChI=1S/C34H37F6N2O5/c1-32(2,3)47-31(44)41-29(13-9-5-8-12-24-10-6-4-7-11-24)30(43)42(22-25-14-18-27(19-15-25)45-33(35,36)37)23-26-16-20-28(21-17-26)46-34(38,39)40/h4,6-8,10-11,14-21,29H,5,9,12-13,22-23H2,1-3H3,(H,41,44)/t29-/m0/s1. The van der Waals surface area contributed by atoms with E-state index in [2.05, 4.69) is 21.2 Å². The number of amides is 2. The highest BCUT2D eigenvalue weighted by Gasteiger charge is 2.32. The lowest BCUT2D eigenvalue weighted by Gasteiger charge is -2.29. The zero-order valence-corrected chi connectivity index (χ0v) is 26.2. The number of hydrogen-bond donors (Lipinski definition) is 1. The van der Waals surface area contributed by atoms with Crippen LogP contribution in [0.5, 0.6) is 11.5 Å². The number of carbonyl (C=O) groups is 2. The van der Waals surface area contributed by atoms with E-state index in [-0.39, 0.29) is 19.5 Å². The van der Waals surface area contributed by atoms with Crippen LogP contribution in [-0.4, -0.2) is 41.3 Å². The van der Waals surface area contributed by atoms with Crippen LogP contribution < -0.4 is 14.8 Å². The molecule has 3 aromatic carbocycles. The molecule has 3 aromatic rings. The molecule has 0 aliphatic carbocycles. The SMILES string of the molecule is CC(C)(C)OC(=O)N[C@@H](CCC[CH]Cc1ccccc1)C(=O)N(Cc1ccc(OC(F)(F)F)cc1)Cc1ccc(OC(F)(F)F)cc1. The Morgan fingerprint density at radius 2 is 1.23 bits per heavy atom. The molecule has 0 spiro atoms. The molecule has 0 aromatic heterocycles. The smallest absolute Gasteiger partial charge is 0.444 e. The first-order valence-electron chi connectivity index (χ1n) is 14.8. The van der Waals surface area contributed by atoms with Crippen LogP contribution >= 0.6 is 0 Å². The molecule has 1 atom stereocenters. The van der Waals surface area contributed by atoms with Gasteiger partial charge in [-0.05, 0) is 87.4 Å². The first-order chi connectivity index (χ1) is 22.0. The van der Waals surface area contributed by atoms with Gasteiger partial charge in [-0.25, -0.2) is 4.79 Å². The lowest BCUT2D eigenvalue weighted by atomic mass is 10.0. The Balaban J connectivity index is 1.82. The summed E-state index contributed by atoms with van der Waals surface area (Å²) in [5, 5.41) is 2.65. The second-order valence-electron chi connectivity index (χ2n) is 11.7. The minimum atomic E-state index is -4.88. The highest BCUT2D eigenvalue weighted by Crippen LogP contribution is 2.26. The van der Waals surface area contributed by atoms with Gasteiger partial charge in [-0.2, -0.15) is 0 Å². The van der Waals surface area contributed by atoms with Crippen molar-refractivity contribution in [3.8, 4) is 11.5 Å². The summed E-state index contributed by atoms with van der Waals surface area (Å²) in [6, 6.07) is 18.6. The maximum atomic E-state index is 14.0. The molecule has 1 N–H and O–H groups in total. The topological polar surface area (TPSA) is 77.1 Å². The molecule has 47 heavy (non-hydrogen) atoms. The number of rotatable bonds is 14. The lowest BCUT2D eigenvalue weighted by molar-refractivity contribution is -0.275. The van der Waals surface area contributed by atoms with E-state index in [1.807, 2.05) is 30.3 Å². The fourth-order valence-electron chi connectivity index (χ4n) is 4.52. The molecule has 0 saturated carbocycles. The quantitative estimate of drug-likeness (QED) is 0.138. The third-order valence-corrected chi connectivity index (χ3v) is 6.49. The summed E-state index contributed by atoms with van der Waals surface area (Å²) in [4.78, 5) is 28.2. The van der Waals surface area contributed by atoms with E-state index in [9.17, 15) is 35.9 Å². The number of alkyl carbamates (subject to hydrolysis) is 1. The zero-order valence-electron chi connectivity index (χ0n) is 26.2. The summed E-state index contributed by atoms with van der Waals surface area (Å²) in [7, 11) is 0. The Morgan fingerprint density at radius 1 is 0.745 bits per heavy atom. The van der Waals surface area contributed by atoms with E-state index in [4.69, 9.17) is 4.74 Å². The Hall–Kier alpha value is -4.42. The maximum absolute atomic E-state index is 14.0. The van der Waals surface area contributed by atoms with Crippen LogP contribution in [0.1, 0.15) is 56.7 Å². The van der Waals surface area contributed by atoms with Crippen molar-refractivity contribution >= 4 is 12.0 Å². The van der Waals surface area contributed by atoms with E-state index in [0.29, 0.717) is 30.4 Å². The average Bonchev–Trinajstić information content (AvgIpc) is 2.95. The van der Waals surface area contributed by atoms with Gasteiger partial charge in [0, 0.05) is 13.1 Å². The molecule has 0 unspecified atom stereocenters. The predicted octanol–water partition coefficient (Wildman–Crippen LogP) is 8.52. The van der Waals surface area contributed by atoms with Crippen LogP contribution in [0.4, 0.5) is 31.1 Å². The minimum Gasteiger partial charge on any atom is -0.444 e. The van der Waals surface area contributed by atoms with Crippen LogP contribution in [-0.2, 0) is 29.0 Å². The largest absolute Gasteiger partial charge is 0.573 e. The first-order valence-corrected chi connectivity index (χ1v) is 14.8. The molecule has 0 heterocycles. The zero-order chi connectivity index (χ0) is 34.7. The van der Waals surface area contributed by atoms with Crippen LogP contribution in [0, 0.1) is 6.42 Å². The molecule has 0 fully saturated rings. The van der Waals surface area contributed by atoms with Crippen molar-refractivity contribution < 1.29 is 50.1 Å². The minimum absolute atomic E-state index is 0.0986. The van der Waals surface area contributed by atoms with E-state index in [0.717, 1.165) is 29.8 Å². The molecule has 13 heteroatoms. The van der Waals surface area contributed by atoms with Gasteiger partial charge < -0.3 is 24.4 Å². The van der Waals surface area contributed by atoms with Crippen molar-refractivity contribution in [3.63, 3.8) is 0 Å². The summed E-state index contributed by atoms with van der Waals surface area (Å²) in [6.07, 6.45) is -6.40. The molecule has 0 saturated heterocycles. The van der Waals surface area contributed by atoms with E-state index < -0.39 is 47.9 Å². The molecule has 3 rings (SSSR count). The molecule has 0 bridgehead atoms. The Labute approximate surface area is 269 Å². The molecule has 2 amide bonds. The number of nitrogens with one attached hydrogen (secondary N) is 1. The van der Waals surface area contributed by atoms with Gasteiger partial charge >= 0.3 is 18.8 Å². The average molecular weight is 668 g/mol. The van der Waals surface area contributed by atoms with Crippen molar-refractivity contribution in [1.29, 1.82) is 0 Å². The fraction of sp³-hybridized carbons (Fsp3) is 0.382. The number of alkyl halides is 6. The fourth-order valence-corrected chi connectivity index (χ4v) is 4.52. The van der Waals surface area contributed by atoms with Crippen molar-refractivity contribution in [2.24, 2.45) is 0 Å². The third-order valence-electron chi connectivity index (χ3n) is 6.49. The number of nitrogens with zero attached hydrogens (tertiary/aromatic N) is 1. The van der Waals surface area contributed by atoms with Crippen molar-refractivity contribution in [3.05, 3.63) is 102 Å². The van der Waals surface area contributed by atoms with E-state index in [1.165, 1.54) is 29.2 Å². The van der Waals surface area contributed by atoms with Crippen LogP contribution in [0.3, 0.4) is 0 Å². The number of carbonyl (C=O) groups excluding carboxylic acids is 2. The molecule has 0 aliphatic heterocycles. The highest BCUT2D eigenvalue weighted by molar-refractivity contribution is 5.85. The van der Waals surface area contributed by atoms with Crippen LogP contribution in [0.2, 0.25) is 0 Å². The summed E-state index contributed by atoms with van der Waals surface area (Å²) in [5.41, 5.74) is 1.16. The Morgan fingerprint density at radius 3 is 1.68 bits per heavy atom. The van der Waals surface area contributed by atoms with Gasteiger partial charge in [0.1, 0.15) is 23.1 Å². The number of ether oxygens (including phenoxy) is 3. The molecular formula is C34H37F6N2O5. The lowest BCUT2D eigenvalue weighted by Crippen LogP contribution is -2.49. The summed E-state index contributed by atoms with van der Waals surface area (Å²) >= 11 is 0. The van der Waals surface area contributed by atoms with Gasteiger partial charge in [0.15, 0.2) is 0 Å². The van der Waals surface area contributed by atoms with E-state index in [1.54, 1.807) is 20.8 Å². The molecule has 1 radical (unpaired) electrons. The second kappa shape index (κ2) is 16.4. The van der Waals surface area contributed by atoms with Crippen LogP contribution in [0.25, 0.3) is 0 Å². The first kappa shape index (κ1) is 37.0. The number of halogens is 6. The number of hydrogen-bond acceptors (Lipinski definition) is 5. The molecule has 0 aliphatic rings. The summed E-state index contributed by atoms with van der Waals surface area (Å²) < 4.78 is 89.2. The van der Waals surface area contributed by atoms with Crippen molar-refractivity contribution in [2.75, 3.05) is 0 Å². The normalized spacial score (nSPS) is 12.6. The molecule has 7 nitrogen and oxygen atoms in total. The van der Waals surface area contributed by atoms with Crippen molar-refractivity contribution in [2.45, 2.75) is 83.9 Å². The summed E-state index contributed by atoms with van der Waals surface area (Å²) in [5.74, 6) is -1.42. The predicted molar refractivity (Wildman–Crippen MR) is 162 cm³/mol. The van der Waals surface area contributed by atoms with Gasteiger partial charge in [0.2, 0.25) is 5.91 Å². The van der Waals surface area contributed by atoms with Crippen molar-refractivity contribution in [1.82, 2.24) is 10.2 Å². The number of unbranched alkanes of at least 4 members (excludes halogenated alkanes) is 2. The van der Waals surface area contributed by atoms with E-state index >= 15 is 0 Å².